The number of carbonyl (C=O) groups excluding carboxylic acids is 1. The van der Waals surface area contributed by atoms with Crippen molar-refractivity contribution in [1.29, 1.82) is 0 Å². The van der Waals surface area contributed by atoms with Gasteiger partial charge in [0.15, 0.2) is 0 Å². The van der Waals surface area contributed by atoms with Crippen molar-refractivity contribution in [2.45, 2.75) is 38.1 Å². The zero-order valence-corrected chi connectivity index (χ0v) is 17.9. The second-order valence-corrected chi connectivity index (χ2v) is 8.51. The number of aromatic nitrogens is 2. The van der Waals surface area contributed by atoms with Gasteiger partial charge in [-0.2, -0.15) is 0 Å². The second-order valence-electron chi connectivity index (χ2n) is 8.51. The van der Waals surface area contributed by atoms with Gasteiger partial charge in [0.05, 0.1) is 17.9 Å². The molecule has 0 spiro atoms. The zero-order chi connectivity index (χ0) is 22.5. The molecule has 1 fully saturated rings. The molecule has 32 heavy (non-hydrogen) atoms. The fourth-order valence-corrected chi connectivity index (χ4v) is 4.37. The molecule has 1 aliphatic carbocycles. The maximum Gasteiger partial charge on any atom is 0.223 e. The molecule has 3 aromatic rings. The molecule has 5 nitrogen and oxygen atoms in total. The topological polar surface area (TPSA) is 83.8 Å². The molecule has 4 rings (SSSR count). The summed E-state index contributed by atoms with van der Waals surface area (Å²) < 4.78 is 27.5. The minimum Gasteiger partial charge on any atom is -0.346 e. The van der Waals surface area contributed by atoms with Crippen molar-refractivity contribution in [2.24, 2.45) is 17.6 Å². The zero-order valence-electron chi connectivity index (χ0n) is 17.9. The molecule has 0 aliphatic heterocycles. The standard InChI is InChI=1S/C25H28F2N4O/c26-19-10-11-20(21(27)13-19)23-15-29-24(30-23)22(12-16-4-2-1-3-5-16)31-25(32)18-8-6-17(14-28)7-9-18/h1-5,10-11,13,15,17-18,22H,6-9,12,14,28H2,(H,29,30)(H,31,32)/t17?,18?,22-/m0/s1. The SMILES string of the molecule is NCC1CCC(C(=O)N[C@@H](Cc2ccccc2)c2ncc(-c3ccc(F)cc3F)[nH]2)CC1. The Kier molecular flexibility index (Phi) is 6.95. The Morgan fingerprint density at radius 2 is 1.88 bits per heavy atom. The Labute approximate surface area is 186 Å². The van der Waals surface area contributed by atoms with E-state index in [0.29, 0.717) is 30.4 Å². The van der Waals surface area contributed by atoms with E-state index < -0.39 is 17.7 Å². The number of nitrogens with zero attached hydrogens (tertiary/aromatic N) is 1. The van der Waals surface area contributed by atoms with Gasteiger partial charge in [0.2, 0.25) is 5.91 Å². The summed E-state index contributed by atoms with van der Waals surface area (Å²) in [4.78, 5) is 20.6. The number of hydrogen-bond donors (Lipinski definition) is 3. The van der Waals surface area contributed by atoms with E-state index in [1.54, 1.807) is 0 Å². The van der Waals surface area contributed by atoms with Gasteiger partial charge in [-0.25, -0.2) is 13.8 Å². The molecular weight excluding hydrogens is 410 g/mol. The number of amides is 1. The summed E-state index contributed by atoms with van der Waals surface area (Å²) >= 11 is 0. The number of aromatic amines is 1. The number of carbonyl (C=O) groups is 1. The van der Waals surface area contributed by atoms with Gasteiger partial charge in [-0.15, -0.1) is 0 Å². The predicted molar refractivity (Wildman–Crippen MR) is 119 cm³/mol. The van der Waals surface area contributed by atoms with E-state index in [1.165, 1.54) is 18.3 Å². The molecule has 1 aromatic heterocycles. The van der Waals surface area contributed by atoms with Crippen LogP contribution in [0.25, 0.3) is 11.3 Å². The number of hydrogen-bond acceptors (Lipinski definition) is 3. The Hall–Kier alpha value is -3.06. The molecule has 0 bridgehead atoms. The summed E-state index contributed by atoms with van der Waals surface area (Å²) in [7, 11) is 0. The third-order valence-corrected chi connectivity index (χ3v) is 6.30. The molecule has 1 amide bonds. The lowest BCUT2D eigenvalue weighted by Gasteiger charge is -2.28. The number of nitrogens with one attached hydrogen (secondary N) is 2. The summed E-state index contributed by atoms with van der Waals surface area (Å²) in [5.41, 5.74) is 7.50. The highest BCUT2D eigenvalue weighted by Gasteiger charge is 2.28. The second kappa shape index (κ2) is 10.0. The van der Waals surface area contributed by atoms with Gasteiger partial charge < -0.3 is 16.0 Å². The van der Waals surface area contributed by atoms with Crippen molar-refractivity contribution in [2.75, 3.05) is 6.54 Å². The van der Waals surface area contributed by atoms with Crippen LogP contribution in [0.2, 0.25) is 0 Å². The van der Waals surface area contributed by atoms with Crippen molar-refractivity contribution in [1.82, 2.24) is 15.3 Å². The van der Waals surface area contributed by atoms with Crippen LogP contribution in [0.5, 0.6) is 0 Å². The van der Waals surface area contributed by atoms with Crippen molar-refractivity contribution in [3.05, 3.63) is 77.8 Å². The highest BCUT2D eigenvalue weighted by molar-refractivity contribution is 5.79. The van der Waals surface area contributed by atoms with Crippen molar-refractivity contribution >= 4 is 5.91 Å². The Morgan fingerprint density at radius 3 is 2.56 bits per heavy atom. The summed E-state index contributed by atoms with van der Waals surface area (Å²) in [5, 5.41) is 3.16. The first kappa shape index (κ1) is 22.1. The molecule has 7 heteroatoms. The normalized spacial score (nSPS) is 19.5. The Balaban J connectivity index is 1.54. The van der Waals surface area contributed by atoms with E-state index in [-0.39, 0.29) is 17.4 Å². The lowest BCUT2D eigenvalue weighted by atomic mass is 9.81. The van der Waals surface area contributed by atoms with Gasteiger partial charge in [-0.1, -0.05) is 30.3 Å². The van der Waals surface area contributed by atoms with Crippen LogP contribution >= 0.6 is 0 Å². The van der Waals surface area contributed by atoms with E-state index in [1.807, 2.05) is 30.3 Å². The van der Waals surface area contributed by atoms with Crippen LogP contribution in [0.3, 0.4) is 0 Å². The quantitative estimate of drug-likeness (QED) is 0.507. The van der Waals surface area contributed by atoms with Crippen LogP contribution in [0.15, 0.2) is 54.7 Å². The highest BCUT2D eigenvalue weighted by Crippen LogP contribution is 2.30. The van der Waals surface area contributed by atoms with E-state index in [9.17, 15) is 13.6 Å². The third kappa shape index (κ3) is 5.22. The molecule has 1 atom stereocenters. The molecule has 0 saturated heterocycles. The molecule has 1 aliphatic rings. The van der Waals surface area contributed by atoms with Gasteiger partial charge in [0.25, 0.3) is 0 Å². The highest BCUT2D eigenvalue weighted by atomic mass is 19.1. The fraction of sp³-hybridized carbons (Fsp3) is 0.360. The van der Waals surface area contributed by atoms with Crippen LogP contribution in [0.1, 0.15) is 43.1 Å². The number of halogens is 2. The lowest BCUT2D eigenvalue weighted by molar-refractivity contribution is -0.127. The lowest BCUT2D eigenvalue weighted by Crippen LogP contribution is -2.37. The summed E-state index contributed by atoms with van der Waals surface area (Å²) in [6, 6.07) is 12.9. The van der Waals surface area contributed by atoms with Gasteiger partial charge in [0.1, 0.15) is 17.5 Å². The molecule has 4 N–H and O–H groups in total. The summed E-state index contributed by atoms with van der Waals surface area (Å²) in [6.45, 7) is 0.667. The predicted octanol–water partition coefficient (Wildman–Crippen LogP) is 4.52. The van der Waals surface area contributed by atoms with Gasteiger partial charge >= 0.3 is 0 Å². The molecule has 2 aromatic carbocycles. The van der Waals surface area contributed by atoms with Crippen molar-refractivity contribution < 1.29 is 13.6 Å². The van der Waals surface area contributed by atoms with Crippen molar-refractivity contribution in [3.63, 3.8) is 0 Å². The number of imidazole rings is 1. The molecular formula is C25H28F2N4O. The molecule has 168 valence electrons. The minimum absolute atomic E-state index is 0.00677. The average Bonchev–Trinajstić information content (AvgIpc) is 3.29. The minimum atomic E-state index is -0.666. The Bertz CT molecular complexity index is 1050. The molecule has 1 heterocycles. The maximum atomic E-state index is 14.2. The average molecular weight is 439 g/mol. The van der Waals surface area contributed by atoms with Crippen LogP contribution in [-0.2, 0) is 11.2 Å². The van der Waals surface area contributed by atoms with Gasteiger partial charge in [-0.3, -0.25) is 4.79 Å². The van der Waals surface area contributed by atoms with E-state index in [4.69, 9.17) is 5.73 Å². The van der Waals surface area contributed by atoms with E-state index >= 15 is 0 Å². The number of rotatable bonds is 7. The third-order valence-electron chi connectivity index (χ3n) is 6.30. The molecule has 1 saturated carbocycles. The number of benzene rings is 2. The number of nitrogens with two attached hydrogens (primary N) is 1. The monoisotopic (exact) mass is 438 g/mol. The largest absolute Gasteiger partial charge is 0.346 e. The smallest absolute Gasteiger partial charge is 0.223 e. The fourth-order valence-electron chi connectivity index (χ4n) is 4.37. The molecule has 0 unspecified atom stereocenters. The summed E-state index contributed by atoms with van der Waals surface area (Å²) in [6.07, 6.45) is 5.65. The van der Waals surface area contributed by atoms with Crippen LogP contribution in [0, 0.1) is 23.5 Å². The molecule has 0 radical (unpaired) electrons. The van der Waals surface area contributed by atoms with E-state index in [0.717, 1.165) is 37.3 Å². The van der Waals surface area contributed by atoms with E-state index in [2.05, 4.69) is 15.3 Å². The van der Waals surface area contributed by atoms with Crippen LogP contribution in [0.4, 0.5) is 8.78 Å². The first-order valence-electron chi connectivity index (χ1n) is 11.1. The van der Waals surface area contributed by atoms with Gasteiger partial charge in [-0.05, 0) is 62.3 Å². The first-order valence-corrected chi connectivity index (χ1v) is 11.1. The van der Waals surface area contributed by atoms with Crippen LogP contribution in [-0.4, -0.2) is 22.4 Å². The Morgan fingerprint density at radius 1 is 1.12 bits per heavy atom. The maximum absolute atomic E-state index is 14.2. The number of H-pyrrole nitrogens is 1. The summed E-state index contributed by atoms with van der Waals surface area (Å²) in [5.74, 6) is -0.300. The van der Waals surface area contributed by atoms with Crippen molar-refractivity contribution in [3.8, 4) is 11.3 Å². The van der Waals surface area contributed by atoms with Gasteiger partial charge in [0, 0.05) is 17.5 Å². The van der Waals surface area contributed by atoms with Crippen LogP contribution < -0.4 is 11.1 Å². The first-order chi connectivity index (χ1) is 15.5.